The smallest absolute Gasteiger partial charge is 0.133 e. The van der Waals surface area contributed by atoms with Gasteiger partial charge in [-0.25, -0.2) is 0 Å². The summed E-state index contributed by atoms with van der Waals surface area (Å²) in [7, 11) is 1.66. The van der Waals surface area contributed by atoms with Crippen molar-refractivity contribution in [3.8, 4) is 22.8 Å². The fourth-order valence-corrected chi connectivity index (χ4v) is 2.94. The topological polar surface area (TPSA) is 36.3 Å². The fraction of sp³-hybridized carbons (Fsp3) is 0.400. The first-order valence-corrected chi connectivity index (χ1v) is 7.68. The summed E-state index contributed by atoms with van der Waals surface area (Å²) in [5.41, 5.74) is 2.94. The molecule has 5 heteroatoms. The molecule has 20 heavy (non-hydrogen) atoms. The highest BCUT2D eigenvalue weighted by atomic mass is 79.9. The Hall–Kier alpha value is -1.49. The van der Waals surface area contributed by atoms with Gasteiger partial charge in [-0.05, 0) is 26.0 Å². The van der Waals surface area contributed by atoms with Crippen LogP contribution in [0.1, 0.15) is 19.4 Å². The first kappa shape index (κ1) is 13.5. The van der Waals surface area contributed by atoms with E-state index < -0.39 is 0 Å². The number of benzene rings is 1. The first-order valence-electron chi connectivity index (χ1n) is 6.56. The van der Waals surface area contributed by atoms with E-state index in [9.17, 15) is 0 Å². The second-order valence-electron chi connectivity index (χ2n) is 5.29. The van der Waals surface area contributed by atoms with Crippen LogP contribution in [0.25, 0.3) is 11.3 Å². The van der Waals surface area contributed by atoms with Crippen molar-refractivity contribution in [2.45, 2.75) is 26.0 Å². The molecule has 3 rings (SSSR count). The standard InChI is InChI=1S/C15H17BrN2O2/c1-15(2)12-9-17-18(7-6-16)14(12)11-5-4-10(19-3)8-13(11)20-15/h4-5,8-9H,6-7H2,1-3H3. The maximum atomic E-state index is 6.13. The van der Waals surface area contributed by atoms with E-state index in [-0.39, 0.29) is 5.60 Å². The largest absolute Gasteiger partial charge is 0.497 e. The van der Waals surface area contributed by atoms with Crippen LogP contribution >= 0.6 is 15.9 Å². The second-order valence-corrected chi connectivity index (χ2v) is 6.09. The van der Waals surface area contributed by atoms with Gasteiger partial charge in [-0.15, -0.1) is 0 Å². The second kappa shape index (κ2) is 4.81. The Labute approximate surface area is 126 Å². The average molecular weight is 337 g/mol. The zero-order valence-electron chi connectivity index (χ0n) is 11.8. The quantitative estimate of drug-likeness (QED) is 0.804. The molecule has 0 aliphatic carbocycles. The molecule has 0 unspecified atom stereocenters. The lowest BCUT2D eigenvalue weighted by Gasteiger charge is -2.33. The van der Waals surface area contributed by atoms with Crippen molar-refractivity contribution in [1.29, 1.82) is 0 Å². The number of aromatic nitrogens is 2. The lowest BCUT2D eigenvalue weighted by atomic mass is 9.91. The summed E-state index contributed by atoms with van der Waals surface area (Å²) in [6, 6.07) is 5.93. The normalized spacial score (nSPS) is 15.2. The fourth-order valence-electron chi connectivity index (χ4n) is 2.60. The Morgan fingerprint density at radius 1 is 1.40 bits per heavy atom. The highest BCUT2D eigenvalue weighted by molar-refractivity contribution is 9.09. The Morgan fingerprint density at radius 3 is 2.90 bits per heavy atom. The van der Waals surface area contributed by atoms with E-state index >= 15 is 0 Å². The third-order valence-corrected chi connectivity index (χ3v) is 3.95. The summed E-state index contributed by atoms with van der Waals surface area (Å²) in [6.07, 6.45) is 1.91. The molecular weight excluding hydrogens is 320 g/mol. The molecule has 0 atom stereocenters. The van der Waals surface area contributed by atoms with Gasteiger partial charge in [-0.2, -0.15) is 5.10 Å². The number of nitrogens with zero attached hydrogens (tertiary/aromatic N) is 2. The predicted molar refractivity (Wildman–Crippen MR) is 81.7 cm³/mol. The average Bonchev–Trinajstić information content (AvgIpc) is 2.83. The third-order valence-electron chi connectivity index (χ3n) is 3.59. The van der Waals surface area contributed by atoms with Gasteiger partial charge in [-0.3, -0.25) is 4.68 Å². The van der Waals surface area contributed by atoms with E-state index in [2.05, 4.69) is 34.9 Å². The van der Waals surface area contributed by atoms with Crippen LogP contribution in [0.15, 0.2) is 24.4 Å². The number of hydrogen-bond acceptors (Lipinski definition) is 3. The molecule has 1 aliphatic rings. The van der Waals surface area contributed by atoms with Crippen molar-refractivity contribution in [2.75, 3.05) is 12.4 Å². The number of rotatable bonds is 3. The van der Waals surface area contributed by atoms with Crippen LogP contribution in [0.5, 0.6) is 11.5 Å². The summed E-state index contributed by atoms with van der Waals surface area (Å²) in [5.74, 6) is 1.65. The number of aryl methyl sites for hydroxylation is 1. The van der Waals surface area contributed by atoms with Crippen LogP contribution in [-0.4, -0.2) is 22.2 Å². The summed E-state index contributed by atoms with van der Waals surface area (Å²) in [5, 5.41) is 5.37. The molecule has 4 nitrogen and oxygen atoms in total. The maximum Gasteiger partial charge on any atom is 0.133 e. The molecule has 106 valence electrons. The van der Waals surface area contributed by atoms with Gasteiger partial charge in [-0.1, -0.05) is 15.9 Å². The molecule has 0 saturated carbocycles. The molecule has 0 N–H and O–H groups in total. The van der Waals surface area contributed by atoms with Crippen molar-refractivity contribution < 1.29 is 9.47 Å². The van der Waals surface area contributed by atoms with Crippen molar-refractivity contribution in [3.05, 3.63) is 30.0 Å². The monoisotopic (exact) mass is 336 g/mol. The number of methoxy groups -OCH3 is 1. The van der Waals surface area contributed by atoms with Gasteiger partial charge in [0.15, 0.2) is 0 Å². The Morgan fingerprint density at radius 2 is 2.20 bits per heavy atom. The Bertz CT molecular complexity index is 649. The number of alkyl halides is 1. The molecule has 0 saturated heterocycles. The van der Waals surface area contributed by atoms with E-state index in [1.54, 1.807) is 7.11 Å². The number of hydrogen-bond donors (Lipinski definition) is 0. The van der Waals surface area contributed by atoms with Gasteiger partial charge in [0.05, 0.1) is 25.5 Å². The van der Waals surface area contributed by atoms with Crippen LogP contribution in [-0.2, 0) is 12.1 Å². The first-order chi connectivity index (χ1) is 9.56. The van der Waals surface area contributed by atoms with E-state index in [0.717, 1.165) is 40.2 Å². The molecular formula is C15H17BrN2O2. The zero-order valence-corrected chi connectivity index (χ0v) is 13.4. The maximum absolute atomic E-state index is 6.13. The van der Waals surface area contributed by atoms with E-state index in [0.29, 0.717) is 0 Å². The van der Waals surface area contributed by atoms with Gasteiger partial charge in [0.25, 0.3) is 0 Å². The van der Waals surface area contributed by atoms with Gasteiger partial charge < -0.3 is 9.47 Å². The van der Waals surface area contributed by atoms with Crippen LogP contribution in [0.3, 0.4) is 0 Å². The molecule has 1 aliphatic heterocycles. The van der Waals surface area contributed by atoms with Crippen molar-refractivity contribution >= 4 is 15.9 Å². The van der Waals surface area contributed by atoms with Gasteiger partial charge >= 0.3 is 0 Å². The molecule has 1 aromatic heterocycles. The minimum absolute atomic E-state index is 0.390. The molecule has 0 fully saturated rings. The summed E-state index contributed by atoms with van der Waals surface area (Å²) in [4.78, 5) is 0. The van der Waals surface area contributed by atoms with Crippen LogP contribution in [0.4, 0.5) is 0 Å². The summed E-state index contributed by atoms with van der Waals surface area (Å²) in [6.45, 7) is 4.96. The number of ether oxygens (including phenoxy) is 2. The van der Waals surface area contributed by atoms with E-state index in [4.69, 9.17) is 9.47 Å². The summed E-state index contributed by atoms with van der Waals surface area (Å²) >= 11 is 3.48. The van der Waals surface area contributed by atoms with Crippen molar-refractivity contribution in [3.63, 3.8) is 0 Å². The van der Waals surface area contributed by atoms with Crippen LogP contribution in [0.2, 0.25) is 0 Å². The Kier molecular flexibility index (Phi) is 3.24. The lowest BCUT2D eigenvalue weighted by molar-refractivity contribution is 0.105. The molecule has 0 radical (unpaired) electrons. The lowest BCUT2D eigenvalue weighted by Crippen LogP contribution is -2.29. The minimum Gasteiger partial charge on any atom is -0.497 e. The van der Waals surface area contributed by atoms with Crippen molar-refractivity contribution in [2.24, 2.45) is 0 Å². The third kappa shape index (κ3) is 2.00. The summed E-state index contributed by atoms with van der Waals surface area (Å²) < 4.78 is 13.4. The molecule has 1 aromatic carbocycles. The molecule has 2 aromatic rings. The molecule has 0 bridgehead atoms. The zero-order chi connectivity index (χ0) is 14.3. The SMILES string of the molecule is COc1ccc2c(c1)OC(C)(C)c1cnn(CCBr)c1-2. The molecule has 0 spiro atoms. The Balaban J connectivity index is 2.21. The van der Waals surface area contributed by atoms with E-state index in [1.165, 1.54) is 0 Å². The van der Waals surface area contributed by atoms with Gasteiger partial charge in [0.1, 0.15) is 17.1 Å². The molecule has 0 amide bonds. The van der Waals surface area contributed by atoms with Crippen molar-refractivity contribution in [1.82, 2.24) is 9.78 Å². The van der Waals surface area contributed by atoms with E-state index in [1.807, 2.05) is 29.1 Å². The van der Waals surface area contributed by atoms with Crippen LogP contribution < -0.4 is 9.47 Å². The highest BCUT2D eigenvalue weighted by Crippen LogP contribution is 2.46. The van der Waals surface area contributed by atoms with Gasteiger partial charge in [0.2, 0.25) is 0 Å². The van der Waals surface area contributed by atoms with Gasteiger partial charge in [0, 0.05) is 22.5 Å². The number of fused-ring (bicyclic) bond motifs is 3. The minimum atomic E-state index is -0.390. The molecule has 2 heterocycles. The predicted octanol–water partition coefficient (Wildman–Crippen LogP) is 3.58. The highest BCUT2D eigenvalue weighted by Gasteiger charge is 2.35. The number of halogens is 1. The van der Waals surface area contributed by atoms with Crippen LogP contribution in [0, 0.1) is 0 Å².